The van der Waals surface area contributed by atoms with Crippen molar-refractivity contribution in [2.24, 2.45) is 0 Å². The average Bonchev–Trinajstić information content (AvgIpc) is 2.45. The lowest BCUT2D eigenvalue weighted by atomic mass is 10.1. The molecule has 0 bridgehead atoms. The Morgan fingerprint density at radius 1 is 1.41 bits per heavy atom. The van der Waals surface area contributed by atoms with Crippen LogP contribution in [0.5, 0.6) is 0 Å². The Labute approximate surface area is 127 Å². The Balaban J connectivity index is 2.29. The highest BCUT2D eigenvalue weighted by Crippen LogP contribution is 2.33. The Bertz CT molecular complexity index is 569. The van der Waals surface area contributed by atoms with Crippen molar-refractivity contribution in [1.29, 1.82) is 5.26 Å². The first-order valence-electron chi connectivity index (χ1n) is 6.86. The molecular formula is C15H17F3N2O2. The van der Waals surface area contributed by atoms with Crippen LogP contribution in [0.15, 0.2) is 18.2 Å². The minimum absolute atomic E-state index is 0.0140. The molecule has 0 radical (unpaired) electrons. The van der Waals surface area contributed by atoms with Gasteiger partial charge in [-0.25, -0.2) is 0 Å². The van der Waals surface area contributed by atoms with Crippen LogP contribution in [0.4, 0.5) is 18.9 Å². The predicted octanol–water partition coefficient (Wildman–Crippen LogP) is 2.82. The van der Waals surface area contributed by atoms with Crippen LogP contribution >= 0.6 is 0 Å². The number of morpholine rings is 1. The molecule has 1 aromatic carbocycles. The monoisotopic (exact) mass is 314 g/mol. The summed E-state index contributed by atoms with van der Waals surface area (Å²) in [6, 6.07) is 5.10. The number of rotatable bonds is 3. The lowest BCUT2D eigenvalue weighted by molar-refractivity contribution is -0.137. The third-order valence-corrected chi connectivity index (χ3v) is 3.46. The third-order valence-electron chi connectivity index (χ3n) is 3.46. The second-order valence-corrected chi connectivity index (χ2v) is 5.27. The van der Waals surface area contributed by atoms with Gasteiger partial charge in [-0.2, -0.15) is 18.4 Å². The van der Waals surface area contributed by atoms with E-state index in [0.717, 1.165) is 12.1 Å². The molecule has 0 aliphatic carbocycles. The van der Waals surface area contributed by atoms with Gasteiger partial charge in [0.1, 0.15) is 6.07 Å². The topological polar surface area (TPSA) is 45.5 Å². The molecule has 2 unspecified atom stereocenters. The van der Waals surface area contributed by atoms with Gasteiger partial charge in [0, 0.05) is 20.2 Å². The van der Waals surface area contributed by atoms with Crippen molar-refractivity contribution in [1.82, 2.24) is 0 Å². The van der Waals surface area contributed by atoms with Crippen LogP contribution in [0.1, 0.15) is 18.1 Å². The van der Waals surface area contributed by atoms with Crippen LogP contribution < -0.4 is 4.90 Å². The maximum atomic E-state index is 12.7. The van der Waals surface area contributed by atoms with E-state index >= 15 is 0 Å². The van der Waals surface area contributed by atoms with Crippen LogP contribution in [0, 0.1) is 11.3 Å². The van der Waals surface area contributed by atoms with E-state index < -0.39 is 11.7 Å². The molecular weight excluding hydrogens is 297 g/mol. The summed E-state index contributed by atoms with van der Waals surface area (Å²) in [5.41, 5.74) is -0.311. The minimum Gasteiger partial charge on any atom is -0.382 e. The first-order chi connectivity index (χ1) is 10.3. The van der Waals surface area contributed by atoms with Crippen LogP contribution in [0.3, 0.4) is 0 Å². The second kappa shape index (κ2) is 6.55. The number of nitriles is 1. The number of halogens is 3. The molecule has 0 N–H and O–H groups in total. The second-order valence-electron chi connectivity index (χ2n) is 5.27. The minimum atomic E-state index is -4.46. The fraction of sp³-hybridized carbons (Fsp3) is 0.533. The maximum Gasteiger partial charge on any atom is 0.416 e. The summed E-state index contributed by atoms with van der Waals surface area (Å²) in [5.74, 6) is 0. The van der Waals surface area contributed by atoms with Gasteiger partial charge in [0.25, 0.3) is 0 Å². The highest BCUT2D eigenvalue weighted by Gasteiger charge is 2.32. The van der Waals surface area contributed by atoms with Crippen molar-refractivity contribution in [3.63, 3.8) is 0 Å². The van der Waals surface area contributed by atoms with E-state index in [0.29, 0.717) is 25.4 Å². The molecule has 2 rings (SSSR count). The highest BCUT2D eigenvalue weighted by molar-refractivity contribution is 5.61. The smallest absolute Gasteiger partial charge is 0.382 e. The predicted molar refractivity (Wildman–Crippen MR) is 74.6 cm³/mol. The zero-order chi connectivity index (χ0) is 16.3. The molecule has 4 nitrogen and oxygen atoms in total. The molecule has 2 atom stereocenters. The normalized spacial score (nSPS) is 22.5. The van der Waals surface area contributed by atoms with E-state index in [2.05, 4.69) is 0 Å². The number of ether oxygens (including phenoxy) is 2. The summed E-state index contributed by atoms with van der Waals surface area (Å²) >= 11 is 0. The number of alkyl halides is 3. The fourth-order valence-corrected chi connectivity index (χ4v) is 2.60. The van der Waals surface area contributed by atoms with Gasteiger partial charge in [-0.3, -0.25) is 0 Å². The molecule has 1 heterocycles. The van der Waals surface area contributed by atoms with Gasteiger partial charge >= 0.3 is 6.18 Å². The van der Waals surface area contributed by atoms with E-state index in [1.807, 2.05) is 17.9 Å². The zero-order valence-corrected chi connectivity index (χ0v) is 12.4. The SMILES string of the molecule is COCC1CN(c2ccc(C(F)(F)F)cc2C#N)CC(C)O1. The molecule has 0 aromatic heterocycles. The Morgan fingerprint density at radius 2 is 2.14 bits per heavy atom. The van der Waals surface area contributed by atoms with Gasteiger partial charge in [0.15, 0.2) is 0 Å². The van der Waals surface area contributed by atoms with E-state index in [4.69, 9.17) is 9.47 Å². The molecule has 0 amide bonds. The number of anilines is 1. The van der Waals surface area contributed by atoms with E-state index in [-0.39, 0.29) is 17.8 Å². The summed E-state index contributed by atoms with van der Waals surface area (Å²) in [4.78, 5) is 1.87. The Morgan fingerprint density at radius 3 is 2.73 bits per heavy atom. The zero-order valence-electron chi connectivity index (χ0n) is 12.4. The van der Waals surface area contributed by atoms with E-state index in [1.54, 1.807) is 7.11 Å². The number of methoxy groups -OCH3 is 1. The summed E-state index contributed by atoms with van der Waals surface area (Å²) in [5, 5.41) is 9.17. The lowest BCUT2D eigenvalue weighted by Crippen LogP contribution is -2.48. The first kappa shape index (κ1) is 16.6. The third kappa shape index (κ3) is 3.70. The highest BCUT2D eigenvalue weighted by atomic mass is 19.4. The van der Waals surface area contributed by atoms with Crippen molar-refractivity contribution in [2.75, 3.05) is 31.7 Å². The quantitative estimate of drug-likeness (QED) is 0.860. The summed E-state index contributed by atoms with van der Waals surface area (Å²) in [6.45, 7) is 3.26. The molecule has 1 aliphatic rings. The summed E-state index contributed by atoms with van der Waals surface area (Å²) in [7, 11) is 1.56. The van der Waals surface area contributed by atoms with E-state index in [1.165, 1.54) is 6.07 Å². The van der Waals surface area contributed by atoms with Crippen LogP contribution in [0.2, 0.25) is 0 Å². The number of benzene rings is 1. The van der Waals surface area contributed by atoms with Gasteiger partial charge in [0.2, 0.25) is 0 Å². The Kier molecular flexibility index (Phi) is 4.94. The van der Waals surface area contributed by atoms with Gasteiger partial charge in [-0.05, 0) is 25.1 Å². The number of nitrogens with zero attached hydrogens (tertiary/aromatic N) is 2. The van der Waals surface area contributed by atoms with E-state index in [9.17, 15) is 18.4 Å². The van der Waals surface area contributed by atoms with Gasteiger partial charge in [0.05, 0.1) is 35.6 Å². The maximum absolute atomic E-state index is 12.7. The molecule has 22 heavy (non-hydrogen) atoms. The van der Waals surface area contributed by atoms with Crippen molar-refractivity contribution in [3.05, 3.63) is 29.3 Å². The summed E-state index contributed by atoms with van der Waals surface area (Å²) < 4.78 is 49.0. The molecule has 0 saturated carbocycles. The van der Waals surface area contributed by atoms with Crippen molar-refractivity contribution in [2.45, 2.75) is 25.3 Å². The fourth-order valence-electron chi connectivity index (χ4n) is 2.60. The number of hydrogen-bond donors (Lipinski definition) is 0. The van der Waals surface area contributed by atoms with Crippen LogP contribution in [-0.4, -0.2) is 39.0 Å². The van der Waals surface area contributed by atoms with Crippen molar-refractivity contribution in [3.8, 4) is 6.07 Å². The lowest BCUT2D eigenvalue weighted by Gasteiger charge is -2.38. The standard InChI is InChI=1S/C15H17F3N2O2/c1-10-7-20(8-13(22-10)9-21-2)14-4-3-12(15(16,17)18)5-11(14)6-19/h3-5,10,13H,7-9H2,1-2H3. The van der Waals surface area contributed by atoms with Crippen molar-refractivity contribution >= 4 is 5.69 Å². The van der Waals surface area contributed by atoms with Gasteiger partial charge in [-0.1, -0.05) is 0 Å². The molecule has 1 aromatic rings. The number of hydrogen-bond acceptors (Lipinski definition) is 4. The first-order valence-corrected chi connectivity index (χ1v) is 6.86. The van der Waals surface area contributed by atoms with Crippen molar-refractivity contribution < 1.29 is 22.6 Å². The van der Waals surface area contributed by atoms with Gasteiger partial charge in [-0.15, -0.1) is 0 Å². The molecule has 7 heteroatoms. The largest absolute Gasteiger partial charge is 0.416 e. The molecule has 1 aliphatic heterocycles. The molecule has 120 valence electrons. The van der Waals surface area contributed by atoms with Gasteiger partial charge < -0.3 is 14.4 Å². The van der Waals surface area contributed by atoms with Crippen LogP contribution in [0.25, 0.3) is 0 Å². The molecule has 1 saturated heterocycles. The van der Waals surface area contributed by atoms with Crippen LogP contribution in [-0.2, 0) is 15.7 Å². The average molecular weight is 314 g/mol. The molecule has 0 spiro atoms. The molecule has 1 fully saturated rings. The Hall–Kier alpha value is -1.78. The summed E-state index contributed by atoms with van der Waals surface area (Å²) in [6.07, 6.45) is -4.73.